The molecule has 1 heterocycles. The second-order valence-electron chi connectivity index (χ2n) is 6.37. The first-order valence-corrected chi connectivity index (χ1v) is 7.76. The molecule has 112 valence electrons. The minimum Gasteiger partial charge on any atom is -0.388 e. The molecule has 2 atom stereocenters. The minimum absolute atomic E-state index is 0.0514. The van der Waals surface area contributed by atoms with Crippen molar-refractivity contribution in [2.75, 3.05) is 13.1 Å². The monoisotopic (exact) mass is 276 g/mol. The predicted molar refractivity (Wildman–Crippen MR) is 83.4 cm³/mol. The van der Waals surface area contributed by atoms with E-state index in [0.717, 1.165) is 37.1 Å². The molecule has 3 heteroatoms. The van der Waals surface area contributed by atoms with Crippen molar-refractivity contribution < 1.29 is 5.11 Å². The van der Waals surface area contributed by atoms with Crippen LogP contribution in [-0.4, -0.2) is 29.1 Å². The van der Waals surface area contributed by atoms with E-state index in [9.17, 15) is 5.11 Å². The number of aliphatic hydroxyl groups excluding tert-OH is 1. The van der Waals surface area contributed by atoms with E-state index in [2.05, 4.69) is 18.7 Å². The first-order valence-electron chi connectivity index (χ1n) is 7.76. The Hall–Kier alpha value is -0.900. The van der Waals surface area contributed by atoms with Crippen LogP contribution in [-0.2, 0) is 0 Å². The molecule has 1 aromatic carbocycles. The van der Waals surface area contributed by atoms with Gasteiger partial charge in [-0.3, -0.25) is 0 Å². The smallest absolute Gasteiger partial charge is 0.0819 e. The lowest BCUT2D eigenvalue weighted by Gasteiger charge is -2.36. The van der Waals surface area contributed by atoms with Gasteiger partial charge in [0.05, 0.1) is 6.10 Å². The number of benzene rings is 1. The van der Waals surface area contributed by atoms with Crippen LogP contribution in [0.15, 0.2) is 24.3 Å². The normalized spacial score (nSPS) is 21.1. The van der Waals surface area contributed by atoms with Gasteiger partial charge in [-0.05, 0) is 63.7 Å². The highest BCUT2D eigenvalue weighted by atomic mass is 16.3. The summed E-state index contributed by atoms with van der Waals surface area (Å²) in [4.78, 5) is 2.49. The van der Waals surface area contributed by atoms with Crippen molar-refractivity contribution in [3.05, 3.63) is 35.4 Å². The predicted octanol–water partition coefficient (Wildman–Crippen LogP) is 2.86. The average molecular weight is 276 g/mol. The average Bonchev–Trinajstić information content (AvgIpc) is 2.46. The van der Waals surface area contributed by atoms with Gasteiger partial charge in [0, 0.05) is 12.1 Å². The Labute approximate surface area is 122 Å². The Morgan fingerprint density at radius 2 is 1.55 bits per heavy atom. The summed E-state index contributed by atoms with van der Waals surface area (Å²) in [5.74, 6) is 0.381. The summed E-state index contributed by atoms with van der Waals surface area (Å²) in [6.07, 6.45) is 1.81. The molecule has 3 nitrogen and oxygen atoms in total. The van der Waals surface area contributed by atoms with Crippen LogP contribution in [0.5, 0.6) is 0 Å². The van der Waals surface area contributed by atoms with E-state index in [-0.39, 0.29) is 12.1 Å². The molecule has 0 bridgehead atoms. The van der Waals surface area contributed by atoms with Gasteiger partial charge in [-0.2, -0.15) is 0 Å². The van der Waals surface area contributed by atoms with Crippen LogP contribution in [0.25, 0.3) is 0 Å². The summed E-state index contributed by atoms with van der Waals surface area (Å²) < 4.78 is 0. The van der Waals surface area contributed by atoms with E-state index in [1.54, 1.807) is 0 Å². The van der Waals surface area contributed by atoms with E-state index >= 15 is 0 Å². The molecule has 0 aromatic heterocycles. The van der Waals surface area contributed by atoms with Gasteiger partial charge in [0.1, 0.15) is 0 Å². The Bertz CT molecular complexity index is 406. The third kappa shape index (κ3) is 3.60. The third-order valence-electron chi connectivity index (χ3n) is 4.55. The standard InChI is InChI=1S/C17H28N2O/c1-12(2)19-10-8-16(9-11-19)17(20)15-6-4-14(5-7-15)13(3)18/h4-7,12-13,16-17,20H,8-11,18H2,1-3H3/t13-,17?/m0/s1. The van der Waals surface area contributed by atoms with E-state index in [4.69, 9.17) is 5.73 Å². The maximum Gasteiger partial charge on any atom is 0.0819 e. The highest BCUT2D eigenvalue weighted by Gasteiger charge is 2.27. The summed E-state index contributed by atoms with van der Waals surface area (Å²) >= 11 is 0. The molecule has 1 aliphatic rings. The van der Waals surface area contributed by atoms with Gasteiger partial charge < -0.3 is 15.7 Å². The Kier molecular flexibility index (Phi) is 5.19. The zero-order chi connectivity index (χ0) is 14.7. The fourth-order valence-electron chi connectivity index (χ4n) is 3.02. The molecule has 1 unspecified atom stereocenters. The highest BCUT2D eigenvalue weighted by Crippen LogP contribution is 2.31. The summed E-state index contributed by atoms with van der Waals surface area (Å²) in [7, 11) is 0. The van der Waals surface area contributed by atoms with Crippen molar-refractivity contribution >= 4 is 0 Å². The van der Waals surface area contributed by atoms with E-state index < -0.39 is 0 Å². The third-order valence-corrected chi connectivity index (χ3v) is 4.55. The number of aliphatic hydroxyl groups is 1. The minimum atomic E-state index is -0.341. The number of piperidine rings is 1. The van der Waals surface area contributed by atoms with Crippen molar-refractivity contribution in [2.24, 2.45) is 11.7 Å². The number of rotatable bonds is 4. The second-order valence-corrected chi connectivity index (χ2v) is 6.37. The summed E-state index contributed by atoms with van der Waals surface area (Å²) in [6, 6.07) is 8.78. The molecule has 2 rings (SSSR count). The van der Waals surface area contributed by atoms with Gasteiger partial charge in [0.15, 0.2) is 0 Å². The Morgan fingerprint density at radius 1 is 1.05 bits per heavy atom. The number of likely N-dealkylation sites (tertiary alicyclic amines) is 1. The van der Waals surface area contributed by atoms with Crippen LogP contribution in [0.3, 0.4) is 0 Å². The van der Waals surface area contributed by atoms with Gasteiger partial charge >= 0.3 is 0 Å². The molecule has 1 aliphatic heterocycles. The lowest BCUT2D eigenvalue weighted by Crippen LogP contribution is -2.39. The van der Waals surface area contributed by atoms with Crippen LogP contribution >= 0.6 is 0 Å². The maximum atomic E-state index is 10.5. The summed E-state index contributed by atoms with van der Waals surface area (Å²) in [5, 5.41) is 10.5. The molecule has 0 spiro atoms. The Morgan fingerprint density at radius 3 is 2.00 bits per heavy atom. The maximum absolute atomic E-state index is 10.5. The molecule has 1 saturated heterocycles. The van der Waals surface area contributed by atoms with E-state index in [1.165, 1.54) is 0 Å². The molecular weight excluding hydrogens is 248 g/mol. The van der Waals surface area contributed by atoms with Crippen molar-refractivity contribution in [3.63, 3.8) is 0 Å². The van der Waals surface area contributed by atoms with Crippen molar-refractivity contribution in [3.8, 4) is 0 Å². The van der Waals surface area contributed by atoms with Crippen molar-refractivity contribution in [2.45, 2.75) is 51.8 Å². The van der Waals surface area contributed by atoms with Crippen LogP contribution in [0.4, 0.5) is 0 Å². The van der Waals surface area contributed by atoms with Gasteiger partial charge in [-0.1, -0.05) is 24.3 Å². The van der Waals surface area contributed by atoms with Gasteiger partial charge in [-0.15, -0.1) is 0 Å². The summed E-state index contributed by atoms with van der Waals surface area (Å²) in [6.45, 7) is 8.65. The lowest BCUT2D eigenvalue weighted by molar-refractivity contribution is 0.0499. The molecule has 20 heavy (non-hydrogen) atoms. The molecule has 0 amide bonds. The molecule has 0 saturated carbocycles. The fraction of sp³-hybridized carbons (Fsp3) is 0.647. The molecule has 1 aromatic rings. The van der Waals surface area contributed by atoms with Gasteiger partial charge in [0.2, 0.25) is 0 Å². The van der Waals surface area contributed by atoms with Crippen molar-refractivity contribution in [1.29, 1.82) is 0 Å². The van der Waals surface area contributed by atoms with Crippen LogP contribution in [0.2, 0.25) is 0 Å². The zero-order valence-corrected chi connectivity index (χ0v) is 12.9. The van der Waals surface area contributed by atoms with Crippen LogP contribution in [0.1, 0.15) is 56.9 Å². The summed E-state index contributed by atoms with van der Waals surface area (Å²) in [5.41, 5.74) is 8.00. The topological polar surface area (TPSA) is 49.5 Å². The quantitative estimate of drug-likeness (QED) is 0.889. The van der Waals surface area contributed by atoms with E-state index in [0.29, 0.717) is 12.0 Å². The molecule has 1 fully saturated rings. The van der Waals surface area contributed by atoms with Crippen LogP contribution < -0.4 is 5.73 Å². The lowest BCUT2D eigenvalue weighted by atomic mass is 9.86. The Balaban J connectivity index is 1.96. The van der Waals surface area contributed by atoms with Crippen LogP contribution in [0, 0.1) is 5.92 Å². The molecular formula is C17H28N2O. The van der Waals surface area contributed by atoms with Crippen molar-refractivity contribution in [1.82, 2.24) is 4.90 Å². The molecule has 3 N–H and O–H groups in total. The molecule has 0 aliphatic carbocycles. The fourth-order valence-corrected chi connectivity index (χ4v) is 3.02. The largest absolute Gasteiger partial charge is 0.388 e. The van der Waals surface area contributed by atoms with Gasteiger partial charge in [-0.25, -0.2) is 0 Å². The highest BCUT2D eigenvalue weighted by molar-refractivity contribution is 5.26. The number of nitrogens with two attached hydrogens (primary N) is 1. The SMILES string of the molecule is CC(C)N1CCC(C(O)c2ccc([C@H](C)N)cc2)CC1. The second kappa shape index (κ2) is 6.70. The number of nitrogens with zero attached hydrogens (tertiary/aromatic N) is 1. The number of hydrogen-bond donors (Lipinski definition) is 2. The first kappa shape index (κ1) is 15.5. The van der Waals surface area contributed by atoms with E-state index in [1.807, 2.05) is 31.2 Å². The zero-order valence-electron chi connectivity index (χ0n) is 12.9. The molecule has 0 radical (unpaired) electrons. The van der Waals surface area contributed by atoms with Gasteiger partial charge in [0.25, 0.3) is 0 Å². The first-order chi connectivity index (χ1) is 9.49. The number of hydrogen-bond acceptors (Lipinski definition) is 3.